The number of piperidine rings is 1. The molecule has 11 N–H and O–H groups in total. The molecule has 0 bridgehead atoms. The van der Waals surface area contributed by atoms with Gasteiger partial charge < -0.3 is 57.2 Å². The average Bonchev–Trinajstić information content (AvgIpc) is 3.30. The fraction of sp³-hybridized carbons (Fsp3) is 0.520. The SMILES string of the molecule is C=C(/C=C\C=C/O)c1cc(OC2CCCN(c3ccc(N4CCN(CC(CCCCCCN(N)/C=C(\N)COc5cccc(NC(C)CCC)c5N)CCNC)CC4)cc3)C2)c(N)nn1. The standard InChI is InChI=1S/C50H78N12O3/c1-5-14-39(3)56-45-18-12-19-47(49(45)52)64-37-41(51)35-62(54)27-10-7-6-8-16-40(24-25-55-4)34-59-28-30-60(31-29-59)42-20-22-43(23-21-42)61-26-13-17-44(36-61)65-48-33-46(57-58-50(48)53)38(2)15-9-11-32-63/h9,11-12,15,18-23,32-33,35,39-40,44,55-56,63H,2,5-8,10,13-14,16-17,24-31,34,36-37,51-52,54H2,1,3-4H3,(H2,53,58)/b15-9-,32-11-,41-35-. The van der Waals surface area contributed by atoms with Crippen LogP contribution in [0.15, 0.2) is 91.5 Å². The fourth-order valence-corrected chi connectivity index (χ4v) is 8.62. The van der Waals surface area contributed by atoms with Crippen LogP contribution in [0.4, 0.5) is 28.6 Å². The Labute approximate surface area is 388 Å². The number of benzene rings is 2. The summed E-state index contributed by atoms with van der Waals surface area (Å²) in [7, 11) is 2.05. The first-order valence-electron chi connectivity index (χ1n) is 23.8. The van der Waals surface area contributed by atoms with Gasteiger partial charge in [-0.25, -0.2) is 5.84 Å². The Morgan fingerprint density at radius 3 is 2.45 bits per heavy atom. The van der Waals surface area contributed by atoms with E-state index in [1.165, 1.54) is 43.1 Å². The summed E-state index contributed by atoms with van der Waals surface area (Å²) in [5.41, 5.74) is 24.5. The highest BCUT2D eigenvalue weighted by Gasteiger charge is 2.25. The first-order chi connectivity index (χ1) is 31.6. The number of aromatic nitrogens is 2. The highest BCUT2D eigenvalue weighted by Crippen LogP contribution is 2.31. The first-order valence-corrected chi connectivity index (χ1v) is 23.8. The number of piperazine rings is 1. The van der Waals surface area contributed by atoms with Gasteiger partial charge in [0.05, 0.1) is 35.6 Å². The number of hydrazine groups is 1. The number of nitrogens with one attached hydrogen (secondary N) is 2. The Bertz CT molecular complexity index is 1970. The lowest BCUT2D eigenvalue weighted by atomic mass is 9.96. The van der Waals surface area contributed by atoms with E-state index in [1.807, 2.05) is 18.2 Å². The van der Waals surface area contributed by atoms with Gasteiger partial charge in [-0.15, -0.1) is 10.2 Å². The lowest BCUT2D eigenvalue weighted by Gasteiger charge is -2.38. The van der Waals surface area contributed by atoms with Crippen molar-refractivity contribution in [2.24, 2.45) is 17.5 Å². The van der Waals surface area contributed by atoms with Crippen LogP contribution < -0.4 is 53.0 Å². The second-order valence-electron chi connectivity index (χ2n) is 17.6. The topological polar surface area (TPSA) is 206 Å². The van der Waals surface area contributed by atoms with Gasteiger partial charge in [0.1, 0.15) is 18.5 Å². The van der Waals surface area contributed by atoms with E-state index in [9.17, 15) is 0 Å². The molecule has 0 amide bonds. The number of nitrogens with zero attached hydrogens (tertiary/aromatic N) is 6. The van der Waals surface area contributed by atoms with E-state index in [2.05, 4.69) is 87.3 Å². The fourth-order valence-electron chi connectivity index (χ4n) is 8.62. The smallest absolute Gasteiger partial charge is 0.188 e. The third kappa shape index (κ3) is 16.7. The second-order valence-corrected chi connectivity index (χ2v) is 17.6. The summed E-state index contributed by atoms with van der Waals surface area (Å²) in [5, 5.41) is 25.7. The molecule has 3 unspecified atom stereocenters. The zero-order valence-corrected chi connectivity index (χ0v) is 39.3. The zero-order chi connectivity index (χ0) is 46.4. The van der Waals surface area contributed by atoms with E-state index in [1.54, 1.807) is 29.4 Å². The third-order valence-electron chi connectivity index (χ3n) is 12.2. The summed E-state index contributed by atoms with van der Waals surface area (Å²) < 4.78 is 12.4. The van der Waals surface area contributed by atoms with E-state index in [-0.39, 0.29) is 18.5 Å². The highest BCUT2D eigenvalue weighted by molar-refractivity contribution is 5.73. The first kappa shape index (κ1) is 50.4. The molecule has 1 aromatic heterocycles. The summed E-state index contributed by atoms with van der Waals surface area (Å²) >= 11 is 0. The summed E-state index contributed by atoms with van der Waals surface area (Å²) in [5.74, 6) is 8.34. The highest BCUT2D eigenvalue weighted by atomic mass is 16.5. The van der Waals surface area contributed by atoms with Gasteiger partial charge in [0.2, 0.25) is 0 Å². The van der Waals surface area contributed by atoms with Crippen LogP contribution in [0.3, 0.4) is 0 Å². The van der Waals surface area contributed by atoms with Crippen molar-refractivity contribution >= 4 is 34.1 Å². The zero-order valence-electron chi connectivity index (χ0n) is 39.3. The van der Waals surface area contributed by atoms with Gasteiger partial charge in [0, 0.05) is 75.5 Å². The van der Waals surface area contributed by atoms with Crippen LogP contribution in [0.1, 0.15) is 83.7 Å². The van der Waals surface area contributed by atoms with Crippen LogP contribution in [0.5, 0.6) is 11.5 Å². The van der Waals surface area contributed by atoms with Crippen molar-refractivity contribution in [3.63, 3.8) is 0 Å². The maximum atomic E-state index is 8.90. The number of allylic oxidation sites excluding steroid dienone is 4. The minimum absolute atomic E-state index is 0.0329. The van der Waals surface area contributed by atoms with Gasteiger partial charge in [-0.1, -0.05) is 57.4 Å². The summed E-state index contributed by atoms with van der Waals surface area (Å²) in [6.45, 7) is 17.5. The molecule has 5 rings (SSSR count). The van der Waals surface area contributed by atoms with Gasteiger partial charge in [-0.05, 0) is 113 Å². The molecule has 2 aliphatic heterocycles. The number of unbranched alkanes of at least 4 members (excludes halogenated alkanes) is 3. The van der Waals surface area contributed by atoms with Crippen molar-refractivity contribution in [1.29, 1.82) is 0 Å². The Morgan fingerprint density at radius 1 is 0.954 bits per heavy atom. The lowest BCUT2D eigenvalue weighted by molar-refractivity contribution is 0.179. The van der Waals surface area contributed by atoms with Crippen molar-refractivity contribution in [3.8, 4) is 11.5 Å². The number of para-hydroxylation sites is 1. The molecule has 2 fully saturated rings. The monoisotopic (exact) mass is 895 g/mol. The molecule has 15 heteroatoms. The maximum absolute atomic E-state index is 8.90. The number of rotatable bonds is 27. The van der Waals surface area contributed by atoms with Crippen molar-refractivity contribution in [3.05, 3.63) is 97.2 Å². The summed E-state index contributed by atoms with van der Waals surface area (Å²) in [6, 6.07) is 16.9. The van der Waals surface area contributed by atoms with Gasteiger partial charge in [0.15, 0.2) is 11.6 Å². The molecule has 65 heavy (non-hydrogen) atoms. The van der Waals surface area contributed by atoms with E-state index in [0.717, 1.165) is 109 Å². The quantitative estimate of drug-likeness (QED) is 0.0100. The molecule has 2 saturated heterocycles. The van der Waals surface area contributed by atoms with E-state index in [0.29, 0.717) is 46.1 Å². The number of aliphatic hydroxyl groups excluding tert-OH is 1. The Kier molecular flexibility index (Phi) is 20.9. The molecule has 0 radical (unpaired) electrons. The van der Waals surface area contributed by atoms with E-state index in [4.69, 9.17) is 37.6 Å². The number of aliphatic hydroxyl groups is 1. The predicted octanol–water partition coefficient (Wildman–Crippen LogP) is 7.28. The van der Waals surface area contributed by atoms with Crippen molar-refractivity contribution in [1.82, 2.24) is 25.4 Å². The molecule has 2 aliphatic rings. The van der Waals surface area contributed by atoms with Gasteiger partial charge >= 0.3 is 0 Å². The number of hydrogen-bond donors (Lipinski definition) is 7. The molecule has 3 heterocycles. The molecule has 2 aromatic carbocycles. The minimum atomic E-state index is -0.0329. The molecule has 0 aliphatic carbocycles. The summed E-state index contributed by atoms with van der Waals surface area (Å²) in [6.07, 6.45) is 18.7. The molecule has 0 saturated carbocycles. The van der Waals surface area contributed by atoms with Crippen molar-refractivity contribution in [2.45, 2.75) is 90.2 Å². The molecule has 356 valence electrons. The largest absolute Gasteiger partial charge is 0.516 e. The lowest BCUT2D eigenvalue weighted by Crippen LogP contribution is -2.48. The number of nitrogens with two attached hydrogens (primary N) is 4. The van der Waals surface area contributed by atoms with Gasteiger partial charge in [-0.2, -0.15) is 0 Å². The average molecular weight is 895 g/mol. The summed E-state index contributed by atoms with van der Waals surface area (Å²) in [4.78, 5) is 7.57. The maximum Gasteiger partial charge on any atom is 0.188 e. The third-order valence-corrected chi connectivity index (χ3v) is 12.2. The Balaban J connectivity index is 0.989. The van der Waals surface area contributed by atoms with Gasteiger partial charge in [0.25, 0.3) is 0 Å². The van der Waals surface area contributed by atoms with E-state index >= 15 is 0 Å². The van der Waals surface area contributed by atoms with Crippen molar-refractivity contribution < 1.29 is 14.6 Å². The number of ether oxygens (including phenoxy) is 2. The van der Waals surface area contributed by atoms with Crippen LogP contribution in [0.2, 0.25) is 0 Å². The van der Waals surface area contributed by atoms with Crippen LogP contribution in [-0.4, -0.2) is 110 Å². The molecule has 15 nitrogen and oxygen atoms in total. The predicted molar refractivity (Wildman–Crippen MR) is 270 cm³/mol. The molecular formula is C50H78N12O3. The van der Waals surface area contributed by atoms with Crippen LogP contribution in [0.25, 0.3) is 5.57 Å². The number of hydrogen-bond acceptors (Lipinski definition) is 15. The minimum Gasteiger partial charge on any atom is -0.516 e. The molecule has 3 atom stereocenters. The Hall–Kier alpha value is -5.64. The van der Waals surface area contributed by atoms with Crippen molar-refractivity contribution in [2.75, 3.05) is 99.1 Å². The van der Waals surface area contributed by atoms with Gasteiger partial charge in [-0.3, -0.25) is 4.90 Å². The number of anilines is 5. The molecule has 0 spiro atoms. The van der Waals surface area contributed by atoms with Crippen LogP contribution in [0, 0.1) is 5.92 Å². The molecule has 3 aromatic rings. The Morgan fingerprint density at radius 2 is 1.71 bits per heavy atom. The van der Waals surface area contributed by atoms with Crippen LogP contribution in [-0.2, 0) is 0 Å². The molecular weight excluding hydrogens is 817 g/mol. The normalized spacial score (nSPS) is 17.1. The number of nitrogen functional groups attached to an aromatic ring is 2. The van der Waals surface area contributed by atoms with E-state index < -0.39 is 0 Å². The van der Waals surface area contributed by atoms with Crippen LogP contribution >= 0.6 is 0 Å². The second kappa shape index (κ2) is 27.0.